The minimum Gasteiger partial charge on any atom is -0.368 e. The van der Waals surface area contributed by atoms with E-state index in [0.29, 0.717) is 0 Å². The second-order valence-electron chi connectivity index (χ2n) is 7.00. The van der Waals surface area contributed by atoms with E-state index in [1.54, 1.807) is 0 Å². The smallest absolute Gasteiger partial charge is 0.131 e. The molecule has 2 aliphatic heterocycles. The van der Waals surface area contributed by atoms with Gasteiger partial charge in [-0.1, -0.05) is 11.6 Å². The van der Waals surface area contributed by atoms with Gasteiger partial charge in [0.2, 0.25) is 0 Å². The van der Waals surface area contributed by atoms with Gasteiger partial charge >= 0.3 is 0 Å². The Morgan fingerprint density at radius 1 is 0.875 bits per heavy atom. The van der Waals surface area contributed by atoms with E-state index in [2.05, 4.69) is 39.9 Å². The van der Waals surface area contributed by atoms with E-state index in [1.807, 2.05) is 6.07 Å². The lowest BCUT2D eigenvalue weighted by Crippen LogP contribution is -2.44. The molecule has 5 heteroatoms. The number of aromatic nitrogens is 1. The molecule has 0 unspecified atom stereocenters. The number of piperazine rings is 1. The van der Waals surface area contributed by atoms with E-state index >= 15 is 0 Å². The zero-order valence-electron chi connectivity index (χ0n) is 14.3. The van der Waals surface area contributed by atoms with Crippen molar-refractivity contribution in [2.24, 2.45) is 0 Å². The van der Waals surface area contributed by atoms with Gasteiger partial charge < -0.3 is 14.7 Å². The van der Waals surface area contributed by atoms with Crippen molar-refractivity contribution in [3.63, 3.8) is 0 Å². The summed E-state index contributed by atoms with van der Waals surface area (Å²) >= 11 is 6.28. The molecule has 2 aromatic rings. The Morgan fingerprint density at radius 3 is 2.38 bits per heavy atom. The first-order chi connectivity index (χ1) is 11.7. The average Bonchev–Trinajstić information content (AvgIpc) is 2.62. The van der Waals surface area contributed by atoms with Gasteiger partial charge in [0, 0.05) is 61.4 Å². The number of halogens is 1. The van der Waals surface area contributed by atoms with Gasteiger partial charge in [-0.3, -0.25) is 0 Å². The SMILES string of the molecule is CN1CCN(c2cc(N3CCCCC3)nc3ccc(Cl)cc23)CC1. The van der Waals surface area contributed by atoms with Crippen LogP contribution >= 0.6 is 11.6 Å². The van der Waals surface area contributed by atoms with Crippen LogP contribution in [0.15, 0.2) is 24.3 Å². The monoisotopic (exact) mass is 344 g/mol. The van der Waals surface area contributed by atoms with E-state index in [0.717, 1.165) is 55.6 Å². The minimum absolute atomic E-state index is 0.783. The second kappa shape index (κ2) is 6.77. The van der Waals surface area contributed by atoms with E-state index in [4.69, 9.17) is 16.6 Å². The number of piperidine rings is 1. The Morgan fingerprint density at radius 2 is 1.62 bits per heavy atom. The maximum Gasteiger partial charge on any atom is 0.131 e. The molecule has 1 aromatic heterocycles. The van der Waals surface area contributed by atoms with Crippen LogP contribution in [0.25, 0.3) is 10.9 Å². The molecular weight excluding hydrogens is 320 g/mol. The minimum atomic E-state index is 0.783. The summed E-state index contributed by atoms with van der Waals surface area (Å²) in [5.74, 6) is 1.12. The molecule has 2 saturated heterocycles. The lowest BCUT2D eigenvalue weighted by molar-refractivity contribution is 0.313. The third kappa shape index (κ3) is 3.17. The Labute approximate surface area is 149 Å². The van der Waals surface area contributed by atoms with E-state index in [9.17, 15) is 0 Å². The zero-order valence-corrected chi connectivity index (χ0v) is 15.1. The van der Waals surface area contributed by atoms with Crippen LogP contribution in [-0.2, 0) is 0 Å². The molecule has 0 saturated carbocycles. The maximum absolute atomic E-state index is 6.28. The van der Waals surface area contributed by atoms with Gasteiger partial charge in [0.1, 0.15) is 5.82 Å². The maximum atomic E-state index is 6.28. The summed E-state index contributed by atoms with van der Waals surface area (Å²) in [6, 6.07) is 8.36. The summed E-state index contributed by atoms with van der Waals surface area (Å²) in [6.45, 7) is 6.55. The zero-order chi connectivity index (χ0) is 16.5. The molecule has 0 atom stereocenters. The summed E-state index contributed by atoms with van der Waals surface area (Å²) in [5.41, 5.74) is 2.34. The van der Waals surface area contributed by atoms with Crippen molar-refractivity contribution >= 4 is 34.0 Å². The van der Waals surface area contributed by atoms with Crippen LogP contribution in [0, 0.1) is 0 Å². The number of hydrogen-bond acceptors (Lipinski definition) is 4. The normalized spacial score (nSPS) is 19.9. The van der Waals surface area contributed by atoms with Crippen LogP contribution < -0.4 is 9.80 Å². The molecule has 0 bridgehead atoms. The molecular formula is C19H25ClN4. The first-order valence-corrected chi connectivity index (χ1v) is 9.37. The number of pyridine rings is 1. The van der Waals surface area contributed by atoms with E-state index < -0.39 is 0 Å². The molecule has 0 aliphatic carbocycles. The predicted molar refractivity (Wildman–Crippen MR) is 103 cm³/mol. The Kier molecular flexibility index (Phi) is 4.51. The van der Waals surface area contributed by atoms with Crippen molar-refractivity contribution in [3.05, 3.63) is 29.3 Å². The van der Waals surface area contributed by atoms with Crippen molar-refractivity contribution in [1.29, 1.82) is 0 Å². The molecule has 4 nitrogen and oxygen atoms in total. The summed E-state index contributed by atoms with van der Waals surface area (Å²) in [4.78, 5) is 12.3. The summed E-state index contributed by atoms with van der Waals surface area (Å²) < 4.78 is 0. The van der Waals surface area contributed by atoms with Crippen LogP contribution in [0.2, 0.25) is 5.02 Å². The molecule has 3 heterocycles. The molecule has 128 valence electrons. The number of likely N-dealkylation sites (N-methyl/N-ethyl adjacent to an activating group) is 1. The van der Waals surface area contributed by atoms with Gasteiger partial charge in [-0.2, -0.15) is 0 Å². The number of benzene rings is 1. The number of rotatable bonds is 2. The van der Waals surface area contributed by atoms with Gasteiger partial charge in [0.15, 0.2) is 0 Å². The van der Waals surface area contributed by atoms with Crippen LogP contribution in [0.4, 0.5) is 11.5 Å². The van der Waals surface area contributed by atoms with Gasteiger partial charge in [0.25, 0.3) is 0 Å². The largest absolute Gasteiger partial charge is 0.368 e. The Hall–Kier alpha value is -1.52. The van der Waals surface area contributed by atoms with Crippen molar-refractivity contribution in [3.8, 4) is 0 Å². The fourth-order valence-corrected chi connectivity index (χ4v) is 3.93. The van der Waals surface area contributed by atoms with E-state index in [1.165, 1.54) is 30.3 Å². The average molecular weight is 345 g/mol. The summed E-state index contributed by atoms with van der Waals surface area (Å²) in [5, 5.41) is 1.96. The Bertz CT molecular complexity index is 719. The number of hydrogen-bond donors (Lipinski definition) is 0. The van der Waals surface area contributed by atoms with E-state index in [-0.39, 0.29) is 0 Å². The molecule has 4 rings (SSSR count). The van der Waals surface area contributed by atoms with Gasteiger partial charge in [-0.15, -0.1) is 0 Å². The van der Waals surface area contributed by atoms with Crippen molar-refractivity contribution < 1.29 is 0 Å². The lowest BCUT2D eigenvalue weighted by Gasteiger charge is -2.36. The molecule has 24 heavy (non-hydrogen) atoms. The molecule has 0 spiro atoms. The summed E-state index contributed by atoms with van der Waals surface area (Å²) in [7, 11) is 2.19. The Balaban J connectivity index is 1.77. The van der Waals surface area contributed by atoms with Crippen molar-refractivity contribution in [2.75, 3.05) is 56.1 Å². The van der Waals surface area contributed by atoms with Crippen LogP contribution in [0.1, 0.15) is 19.3 Å². The van der Waals surface area contributed by atoms with Gasteiger partial charge in [-0.05, 0) is 44.5 Å². The fraction of sp³-hybridized carbons (Fsp3) is 0.526. The standard InChI is InChI=1S/C19H25ClN4/c1-22-9-11-23(12-10-22)18-14-19(24-7-3-2-4-8-24)21-17-6-5-15(20)13-16(17)18/h5-6,13-14H,2-4,7-12H2,1H3. The molecule has 2 fully saturated rings. The third-order valence-electron chi connectivity index (χ3n) is 5.26. The summed E-state index contributed by atoms with van der Waals surface area (Å²) in [6.07, 6.45) is 3.87. The quantitative estimate of drug-likeness (QED) is 0.829. The van der Waals surface area contributed by atoms with Crippen LogP contribution in [0.3, 0.4) is 0 Å². The van der Waals surface area contributed by atoms with Gasteiger partial charge in [0.05, 0.1) is 5.52 Å². The number of fused-ring (bicyclic) bond motifs is 1. The molecule has 0 radical (unpaired) electrons. The highest BCUT2D eigenvalue weighted by Gasteiger charge is 2.20. The predicted octanol–water partition coefficient (Wildman–Crippen LogP) is 3.63. The lowest BCUT2D eigenvalue weighted by atomic mass is 10.1. The first-order valence-electron chi connectivity index (χ1n) is 8.99. The molecule has 1 aromatic carbocycles. The molecule has 2 aliphatic rings. The molecule has 0 amide bonds. The number of anilines is 2. The first kappa shape index (κ1) is 16.0. The van der Waals surface area contributed by atoms with Crippen molar-refractivity contribution in [1.82, 2.24) is 9.88 Å². The second-order valence-corrected chi connectivity index (χ2v) is 7.44. The van der Waals surface area contributed by atoms with Crippen LogP contribution in [-0.4, -0.2) is 56.2 Å². The highest BCUT2D eigenvalue weighted by Crippen LogP contribution is 2.33. The third-order valence-corrected chi connectivity index (χ3v) is 5.49. The highest BCUT2D eigenvalue weighted by molar-refractivity contribution is 6.31. The molecule has 0 N–H and O–H groups in total. The fourth-order valence-electron chi connectivity index (χ4n) is 3.76. The topological polar surface area (TPSA) is 22.6 Å². The van der Waals surface area contributed by atoms with Crippen molar-refractivity contribution in [2.45, 2.75) is 19.3 Å². The van der Waals surface area contributed by atoms with Gasteiger partial charge in [-0.25, -0.2) is 4.98 Å². The van der Waals surface area contributed by atoms with Crippen LogP contribution in [0.5, 0.6) is 0 Å². The highest BCUT2D eigenvalue weighted by atomic mass is 35.5. The number of nitrogens with zero attached hydrogens (tertiary/aromatic N) is 4.